The molecule has 138 valence electrons. The highest BCUT2D eigenvalue weighted by Crippen LogP contribution is 2.25. The molecule has 0 aliphatic carbocycles. The highest BCUT2D eigenvalue weighted by Gasteiger charge is 2.07. The topological polar surface area (TPSA) is 79.5 Å². The molecule has 0 saturated heterocycles. The van der Waals surface area contributed by atoms with Crippen LogP contribution in [0.25, 0.3) is 10.8 Å². The molecular weight excluding hydrogens is 352 g/mol. The Bertz CT molecular complexity index is 1150. The average Bonchev–Trinajstić information content (AvgIpc) is 3.23. The zero-order valence-electron chi connectivity index (χ0n) is 15.0. The van der Waals surface area contributed by atoms with Crippen LogP contribution in [-0.4, -0.2) is 27.0 Å². The lowest BCUT2D eigenvalue weighted by Crippen LogP contribution is -2.18. The summed E-state index contributed by atoms with van der Waals surface area (Å²) >= 11 is 0. The summed E-state index contributed by atoms with van der Waals surface area (Å²) in [6, 6.07) is 20.3. The minimum absolute atomic E-state index is 0.109. The number of fused-ring (bicyclic) bond motifs is 1. The molecule has 0 aliphatic rings. The third kappa shape index (κ3) is 3.76. The Labute approximate surface area is 161 Å². The maximum Gasteiger partial charge on any atom is 0.271 e. The minimum Gasteiger partial charge on any atom is -0.507 e. The van der Waals surface area contributed by atoms with Crippen molar-refractivity contribution in [3.63, 3.8) is 0 Å². The molecule has 3 aromatic carbocycles. The summed E-state index contributed by atoms with van der Waals surface area (Å²) in [5, 5.41) is 20.2. The van der Waals surface area contributed by atoms with Gasteiger partial charge in [0.15, 0.2) is 0 Å². The van der Waals surface area contributed by atoms with Gasteiger partial charge in [0.1, 0.15) is 5.75 Å². The summed E-state index contributed by atoms with van der Waals surface area (Å²) in [6.45, 7) is 0.585. The number of aromatic nitrogens is 2. The van der Waals surface area contributed by atoms with Gasteiger partial charge in [-0.15, -0.1) is 0 Å². The molecule has 2 N–H and O–H groups in total. The second-order valence-corrected chi connectivity index (χ2v) is 6.32. The van der Waals surface area contributed by atoms with Gasteiger partial charge in [-0.25, -0.2) is 5.43 Å². The number of nitrogens with zero attached hydrogens (tertiary/aromatic N) is 3. The number of nitrogens with one attached hydrogen (secondary N) is 1. The van der Waals surface area contributed by atoms with Crippen LogP contribution >= 0.6 is 0 Å². The molecule has 0 bridgehead atoms. The van der Waals surface area contributed by atoms with Gasteiger partial charge in [0, 0.05) is 23.5 Å². The maximum absolute atomic E-state index is 12.4. The molecule has 1 aromatic heterocycles. The monoisotopic (exact) mass is 370 g/mol. The fourth-order valence-electron chi connectivity index (χ4n) is 3.03. The normalized spacial score (nSPS) is 11.1. The van der Waals surface area contributed by atoms with Crippen molar-refractivity contribution in [1.29, 1.82) is 0 Å². The van der Waals surface area contributed by atoms with Crippen molar-refractivity contribution in [1.82, 2.24) is 15.2 Å². The molecule has 4 rings (SSSR count). The number of phenolic OH excluding ortho intramolecular Hbond substituents is 1. The lowest BCUT2D eigenvalue weighted by molar-refractivity contribution is 0.0955. The highest BCUT2D eigenvalue weighted by molar-refractivity contribution is 6.03. The maximum atomic E-state index is 12.4. The van der Waals surface area contributed by atoms with Crippen LogP contribution in [0.4, 0.5) is 0 Å². The van der Waals surface area contributed by atoms with Crippen LogP contribution in [0.15, 0.2) is 84.2 Å². The molecule has 0 radical (unpaired) electrons. The summed E-state index contributed by atoms with van der Waals surface area (Å²) in [6.07, 6.45) is 5.05. The molecule has 0 aliphatic heterocycles. The van der Waals surface area contributed by atoms with Crippen LogP contribution in [0.1, 0.15) is 21.5 Å². The molecule has 1 amide bonds. The van der Waals surface area contributed by atoms with Gasteiger partial charge >= 0.3 is 0 Å². The molecule has 28 heavy (non-hydrogen) atoms. The van der Waals surface area contributed by atoms with Gasteiger partial charge in [0.25, 0.3) is 5.91 Å². The lowest BCUT2D eigenvalue weighted by Gasteiger charge is -2.06. The Morgan fingerprint density at radius 1 is 1.11 bits per heavy atom. The summed E-state index contributed by atoms with van der Waals surface area (Å²) in [4.78, 5) is 12.4. The third-order valence-corrected chi connectivity index (χ3v) is 4.40. The molecule has 0 atom stereocenters. The molecule has 0 saturated carbocycles. The van der Waals surface area contributed by atoms with Crippen molar-refractivity contribution >= 4 is 22.9 Å². The third-order valence-electron chi connectivity index (χ3n) is 4.40. The number of carbonyl (C=O) groups is 1. The molecule has 6 nitrogen and oxygen atoms in total. The van der Waals surface area contributed by atoms with Crippen LogP contribution in [0, 0.1) is 0 Å². The van der Waals surface area contributed by atoms with Crippen LogP contribution < -0.4 is 5.43 Å². The van der Waals surface area contributed by atoms with Crippen LogP contribution in [0.5, 0.6) is 5.75 Å². The van der Waals surface area contributed by atoms with Crippen molar-refractivity contribution in [2.24, 2.45) is 5.10 Å². The number of hydrogen-bond donors (Lipinski definition) is 2. The first-order chi connectivity index (χ1) is 13.7. The molecule has 0 fully saturated rings. The van der Waals surface area contributed by atoms with Gasteiger partial charge < -0.3 is 5.11 Å². The minimum atomic E-state index is -0.321. The summed E-state index contributed by atoms with van der Waals surface area (Å²) < 4.78 is 1.79. The fourth-order valence-corrected chi connectivity index (χ4v) is 3.03. The van der Waals surface area contributed by atoms with Crippen LogP contribution in [-0.2, 0) is 6.54 Å². The molecule has 0 spiro atoms. The fraction of sp³-hybridized carbons (Fsp3) is 0.0455. The SMILES string of the molecule is O=C(N/N=C/c1c(O)ccc2ccccc12)c1cccc(Cn2cccn2)c1. The van der Waals surface area contributed by atoms with Crippen LogP contribution in [0.2, 0.25) is 0 Å². The molecule has 0 unspecified atom stereocenters. The number of benzene rings is 3. The Morgan fingerprint density at radius 3 is 2.86 bits per heavy atom. The van der Waals surface area contributed by atoms with Gasteiger partial charge in [-0.05, 0) is 40.6 Å². The molecule has 6 heteroatoms. The Balaban J connectivity index is 1.50. The first-order valence-corrected chi connectivity index (χ1v) is 8.81. The van der Waals surface area contributed by atoms with E-state index >= 15 is 0 Å². The van der Waals surface area contributed by atoms with E-state index in [2.05, 4.69) is 15.6 Å². The van der Waals surface area contributed by atoms with E-state index in [4.69, 9.17) is 0 Å². The molecule has 4 aromatic rings. The van der Waals surface area contributed by atoms with E-state index in [1.165, 1.54) is 6.21 Å². The highest BCUT2D eigenvalue weighted by atomic mass is 16.3. The lowest BCUT2D eigenvalue weighted by atomic mass is 10.0. The number of amides is 1. The average molecular weight is 370 g/mol. The second kappa shape index (κ2) is 7.75. The number of hydrazone groups is 1. The van der Waals surface area contributed by atoms with Gasteiger partial charge in [-0.3, -0.25) is 9.48 Å². The summed E-state index contributed by atoms with van der Waals surface area (Å²) in [5.74, 6) is -0.212. The molecule has 1 heterocycles. The largest absolute Gasteiger partial charge is 0.507 e. The first kappa shape index (κ1) is 17.5. The Kier molecular flexibility index (Phi) is 4.84. The van der Waals surface area contributed by atoms with Crippen molar-refractivity contribution in [3.05, 3.63) is 95.8 Å². The predicted molar refractivity (Wildman–Crippen MR) is 108 cm³/mol. The van der Waals surface area contributed by atoms with Crippen molar-refractivity contribution < 1.29 is 9.90 Å². The van der Waals surface area contributed by atoms with Crippen molar-refractivity contribution in [2.75, 3.05) is 0 Å². The van der Waals surface area contributed by atoms with E-state index in [1.807, 2.05) is 60.8 Å². The number of aromatic hydroxyl groups is 1. The van der Waals surface area contributed by atoms with E-state index in [9.17, 15) is 9.90 Å². The van der Waals surface area contributed by atoms with Crippen LogP contribution in [0.3, 0.4) is 0 Å². The Hall–Kier alpha value is -3.93. The smallest absolute Gasteiger partial charge is 0.271 e. The Morgan fingerprint density at radius 2 is 2.00 bits per heavy atom. The van der Waals surface area contributed by atoms with E-state index < -0.39 is 0 Å². The van der Waals surface area contributed by atoms with E-state index in [0.29, 0.717) is 17.7 Å². The van der Waals surface area contributed by atoms with Gasteiger partial charge in [0.2, 0.25) is 0 Å². The standard InChI is InChI=1S/C22H18N4O2/c27-21-10-9-17-6-1-2-8-19(17)20(21)14-23-25-22(28)18-7-3-5-16(13-18)15-26-12-4-11-24-26/h1-14,27H,15H2,(H,25,28)/b23-14+. The zero-order valence-corrected chi connectivity index (χ0v) is 15.0. The first-order valence-electron chi connectivity index (χ1n) is 8.81. The quantitative estimate of drug-likeness (QED) is 0.416. The zero-order chi connectivity index (χ0) is 19.3. The summed E-state index contributed by atoms with van der Waals surface area (Å²) in [7, 11) is 0. The van der Waals surface area contributed by atoms with Crippen molar-refractivity contribution in [2.45, 2.75) is 6.54 Å². The van der Waals surface area contributed by atoms with E-state index in [1.54, 1.807) is 23.0 Å². The van der Waals surface area contributed by atoms with Gasteiger partial charge in [0.05, 0.1) is 12.8 Å². The van der Waals surface area contributed by atoms with Gasteiger partial charge in [-0.2, -0.15) is 10.2 Å². The molecular formula is C22H18N4O2. The number of phenols is 1. The van der Waals surface area contributed by atoms with Crippen molar-refractivity contribution in [3.8, 4) is 5.75 Å². The predicted octanol–water partition coefficient (Wildman–Crippen LogP) is 3.55. The van der Waals surface area contributed by atoms with Gasteiger partial charge in [-0.1, -0.05) is 42.5 Å². The van der Waals surface area contributed by atoms with E-state index in [0.717, 1.165) is 16.3 Å². The summed E-state index contributed by atoms with van der Waals surface area (Å²) in [5.41, 5.74) is 4.55. The number of rotatable bonds is 5. The number of hydrogen-bond acceptors (Lipinski definition) is 4. The van der Waals surface area contributed by atoms with E-state index in [-0.39, 0.29) is 11.7 Å². The second-order valence-electron chi connectivity index (χ2n) is 6.32. The number of carbonyl (C=O) groups excluding carboxylic acids is 1.